The molecule has 0 aliphatic carbocycles. The number of nitrogens with one attached hydrogen (secondary N) is 1. The van der Waals surface area contributed by atoms with E-state index in [-0.39, 0.29) is 18.3 Å². The summed E-state index contributed by atoms with van der Waals surface area (Å²) in [7, 11) is 0. The SMILES string of the molecule is CCOC(=O)c1sc2nc(C)cc(C)c2c1NC(=O)CSc1ncnc2ccsc12. The molecule has 0 aliphatic rings. The second-order valence-corrected chi connectivity index (χ2v) is 9.32. The van der Waals surface area contributed by atoms with Crippen LogP contribution in [0.3, 0.4) is 0 Å². The minimum atomic E-state index is -0.461. The molecule has 4 rings (SSSR count). The van der Waals surface area contributed by atoms with E-state index in [0.717, 1.165) is 31.9 Å². The standard InChI is InChI=1S/C20H18N4O3S3/c1-4-27-20(26)17-15(14-10(2)7-11(3)23-18(14)30-17)24-13(25)8-29-19-16-12(5-6-28-16)21-9-22-19/h5-7,9H,4,8H2,1-3H3,(H,24,25). The Morgan fingerprint density at radius 3 is 2.90 bits per heavy atom. The number of carbonyl (C=O) groups is 2. The average molecular weight is 459 g/mol. The number of hydrogen-bond acceptors (Lipinski definition) is 9. The summed E-state index contributed by atoms with van der Waals surface area (Å²) in [6.07, 6.45) is 1.50. The van der Waals surface area contributed by atoms with Crippen LogP contribution in [0.15, 0.2) is 28.9 Å². The molecule has 0 aliphatic heterocycles. The van der Waals surface area contributed by atoms with Crippen LogP contribution in [0, 0.1) is 13.8 Å². The number of fused-ring (bicyclic) bond motifs is 2. The van der Waals surface area contributed by atoms with E-state index in [1.54, 1.807) is 18.3 Å². The zero-order valence-electron chi connectivity index (χ0n) is 16.5. The van der Waals surface area contributed by atoms with Crippen molar-refractivity contribution in [1.29, 1.82) is 0 Å². The van der Waals surface area contributed by atoms with Gasteiger partial charge in [-0.05, 0) is 43.8 Å². The van der Waals surface area contributed by atoms with Gasteiger partial charge in [0.2, 0.25) is 5.91 Å². The molecule has 0 spiro atoms. The van der Waals surface area contributed by atoms with Crippen molar-refractivity contribution in [2.24, 2.45) is 0 Å². The molecule has 1 amide bonds. The lowest BCUT2D eigenvalue weighted by Crippen LogP contribution is -2.16. The first-order chi connectivity index (χ1) is 14.5. The molecular weight excluding hydrogens is 440 g/mol. The zero-order chi connectivity index (χ0) is 21.3. The summed E-state index contributed by atoms with van der Waals surface area (Å²) in [5, 5.41) is 6.40. The molecule has 4 aromatic heterocycles. The van der Waals surface area contributed by atoms with Gasteiger partial charge in [0.1, 0.15) is 21.1 Å². The minimum absolute atomic E-state index is 0.155. The topological polar surface area (TPSA) is 94.1 Å². The van der Waals surface area contributed by atoms with Crippen LogP contribution < -0.4 is 5.32 Å². The Kier molecular flexibility index (Phi) is 5.98. The summed E-state index contributed by atoms with van der Waals surface area (Å²) >= 11 is 4.12. The highest BCUT2D eigenvalue weighted by Crippen LogP contribution is 2.38. The van der Waals surface area contributed by atoms with E-state index in [1.165, 1.54) is 29.4 Å². The molecule has 1 N–H and O–H groups in total. The first kappa shape index (κ1) is 20.7. The predicted octanol–water partition coefficient (Wildman–Crippen LogP) is 4.83. The number of aryl methyl sites for hydroxylation is 2. The van der Waals surface area contributed by atoms with Crippen LogP contribution >= 0.6 is 34.4 Å². The van der Waals surface area contributed by atoms with Crippen molar-refractivity contribution in [2.45, 2.75) is 25.8 Å². The molecule has 30 heavy (non-hydrogen) atoms. The molecule has 10 heteroatoms. The fourth-order valence-electron chi connectivity index (χ4n) is 3.08. The van der Waals surface area contributed by atoms with Crippen LogP contribution in [0.4, 0.5) is 5.69 Å². The van der Waals surface area contributed by atoms with Gasteiger partial charge in [0.15, 0.2) is 0 Å². The molecule has 0 saturated carbocycles. The summed E-state index contributed by atoms with van der Waals surface area (Å²) in [6.45, 7) is 5.85. The van der Waals surface area contributed by atoms with Crippen molar-refractivity contribution in [1.82, 2.24) is 15.0 Å². The van der Waals surface area contributed by atoms with Gasteiger partial charge in [-0.15, -0.1) is 22.7 Å². The van der Waals surface area contributed by atoms with Crippen LogP contribution in [0.1, 0.15) is 27.9 Å². The summed E-state index contributed by atoms with van der Waals surface area (Å²) in [5.74, 6) is -0.535. The van der Waals surface area contributed by atoms with Gasteiger partial charge in [-0.3, -0.25) is 4.79 Å². The van der Waals surface area contributed by atoms with Crippen molar-refractivity contribution in [3.63, 3.8) is 0 Å². The van der Waals surface area contributed by atoms with Crippen molar-refractivity contribution in [3.05, 3.63) is 40.0 Å². The van der Waals surface area contributed by atoms with Crippen molar-refractivity contribution in [2.75, 3.05) is 17.7 Å². The van der Waals surface area contributed by atoms with Crippen LogP contribution in [-0.2, 0) is 9.53 Å². The molecule has 7 nitrogen and oxygen atoms in total. The van der Waals surface area contributed by atoms with Crippen LogP contribution in [-0.4, -0.2) is 39.2 Å². The first-order valence-corrected chi connectivity index (χ1v) is 11.8. The summed E-state index contributed by atoms with van der Waals surface area (Å²) < 4.78 is 6.15. The van der Waals surface area contributed by atoms with E-state index in [2.05, 4.69) is 20.3 Å². The number of carbonyl (C=O) groups excluding carboxylic acids is 2. The highest BCUT2D eigenvalue weighted by Gasteiger charge is 2.23. The van der Waals surface area contributed by atoms with E-state index in [0.29, 0.717) is 15.4 Å². The normalized spacial score (nSPS) is 11.2. The maximum atomic E-state index is 12.8. The molecule has 4 aromatic rings. The highest BCUT2D eigenvalue weighted by atomic mass is 32.2. The highest BCUT2D eigenvalue weighted by molar-refractivity contribution is 8.00. The zero-order valence-corrected chi connectivity index (χ0v) is 19.0. The van der Waals surface area contributed by atoms with Crippen molar-refractivity contribution < 1.29 is 14.3 Å². The third-order valence-electron chi connectivity index (χ3n) is 4.26. The maximum absolute atomic E-state index is 12.8. The Morgan fingerprint density at radius 1 is 1.27 bits per heavy atom. The van der Waals surface area contributed by atoms with Gasteiger partial charge in [0.25, 0.3) is 0 Å². The van der Waals surface area contributed by atoms with E-state index >= 15 is 0 Å². The summed E-state index contributed by atoms with van der Waals surface area (Å²) in [4.78, 5) is 39.4. The van der Waals surface area contributed by atoms with Crippen LogP contribution in [0.2, 0.25) is 0 Å². The number of thioether (sulfide) groups is 1. The lowest BCUT2D eigenvalue weighted by Gasteiger charge is -2.08. The minimum Gasteiger partial charge on any atom is -0.462 e. The maximum Gasteiger partial charge on any atom is 0.350 e. The Morgan fingerprint density at radius 2 is 2.10 bits per heavy atom. The number of rotatable bonds is 6. The lowest BCUT2D eigenvalue weighted by molar-refractivity contribution is -0.113. The summed E-state index contributed by atoms with van der Waals surface area (Å²) in [5.41, 5.74) is 3.13. The van der Waals surface area contributed by atoms with Crippen molar-refractivity contribution in [3.8, 4) is 0 Å². The van der Waals surface area contributed by atoms with E-state index in [4.69, 9.17) is 4.74 Å². The van der Waals surface area contributed by atoms with Crippen molar-refractivity contribution >= 4 is 72.4 Å². The van der Waals surface area contributed by atoms with Gasteiger partial charge in [0, 0.05) is 11.1 Å². The molecule has 154 valence electrons. The van der Waals surface area contributed by atoms with Gasteiger partial charge in [-0.2, -0.15) is 0 Å². The van der Waals surface area contributed by atoms with E-state index < -0.39 is 5.97 Å². The molecule has 0 unspecified atom stereocenters. The van der Waals surface area contributed by atoms with Gasteiger partial charge in [0.05, 0.1) is 28.3 Å². The quantitative estimate of drug-likeness (QED) is 0.251. The lowest BCUT2D eigenvalue weighted by atomic mass is 10.1. The number of ether oxygens (including phenoxy) is 1. The fourth-order valence-corrected chi connectivity index (χ4v) is 5.97. The number of pyridine rings is 1. The number of nitrogens with zero attached hydrogens (tertiary/aromatic N) is 3. The smallest absolute Gasteiger partial charge is 0.350 e. The number of esters is 1. The van der Waals surface area contributed by atoms with Gasteiger partial charge in [-0.25, -0.2) is 19.7 Å². The number of amides is 1. The number of thiophene rings is 2. The summed E-state index contributed by atoms with van der Waals surface area (Å²) in [6, 6.07) is 3.86. The molecular formula is C20H18N4O3S3. The molecule has 0 bridgehead atoms. The molecule has 0 atom stereocenters. The van der Waals surface area contributed by atoms with Crippen LogP contribution in [0.5, 0.6) is 0 Å². The Bertz CT molecular complexity index is 1270. The number of anilines is 1. The predicted molar refractivity (Wildman–Crippen MR) is 122 cm³/mol. The first-order valence-electron chi connectivity index (χ1n) is 9.16. The molecule has 0 saturated heterocycles. The Labute approximate surface area is 184 Å². The van der Waals surface area contributed by atoms with E-state index in [1.807, 2.05) is 31.4 Å². The molecule has 4 heterocycles. The fraction of sp³-hybridized carbons (Fsp3) is 0.250. The Balaban J connectivity index is 1.61. The van der Waals surface area contributed by atoms with Gasteiger partial charge < -0.3 is 10.1 Å². The number of hydrogen-bond donors (Lipinski definition) is 1. The number of aromatic nitrogens is 3. The van der Waals surface area contributed by atoms with E-state index in [9.17, 15) is 9.59 Å². The molecule has 0 radical (unpaired) electrons. The largest absolute Gasteiger partial charge is 0.462 e. The molecule has 0 fully saturated rings. The second kappa shape index (κ2) is 8.66. The monoisotopic (exact) mass is 458 g/mol. The third kappa shape index (κ3) is 4.03. The average Bonchev–Trinajstić information content (AvgIpc) is 3.31. The second-order valence-electron chi connectivity index (χ2n) is 6.44. The van der Waals surface area contributed by atoms with Gasteiger partial charge >= 0.3 is 5.97 Å². The third-order valence-corrected chi connectivity index (χ3v) is 7.36. The Hall–Kier alpha value is -2.56. The van der Waals surface area contributed by atoms with Crippen LogP contribution in [0.25, 0.3) is 20.4 Å². The molecule has 0 aromatic carbocycles. The van der Waals surface area contributed by atoms with Gasteiger partial charge in [-0.1, -0.05) is 11.8 Å².